The van der Waals surface area contributed by atoms with Crippen molar-refractivity contribution in [1.82, 2.24) is 10.5 Å². The summed E-state index contributed by atoms with van der Waals surface area (Å²) in [5.74, 6) is -1.20. The lowest BCUT2D eigenvalue weighted by atomic mass is 10.1. The van der Waals surface area contributed by atoms with Crippen LogP contribution in [0.1, 0.15) is 29.6 Å². The Labute approximate surface area is 98.3 Å². The normalized spacial score (nSPS) is 11.9. The number of aliphatic carboxylic acids is 1. The van der Waals surface area contributed by atoms with Gasteiger partial charge in [-0.05, 0) is 20.3 Å². The maximum atomic E-state index is 11.6. The number of rotatable bonds is 5. The summed E-state index contributed by atoms with van der Waals surface area (Å²) in [5, 5.41) is 14.8. The van der Waals surface area contributed by atoms with Crippen LogP contribution in [-0.2, 0) is 4.79 Å². The van der Waals surface area contributed by atoms with Crippen LogP contribution in [0.2, 0.25) is 0 Å². The Bertz CT molecular complexity index is 450. The topological polar surface area (TPSA) is 92.4 Å². The molecule has 92 valence electrons. The first-order chi connectivity index (χ1) is 7.90. The predicted octanol–water partition coefficient (Wildman–Crippen LogP) is 1.13. The lowest BCUT2D eigenvalue weighted by Crippen LogP contribution is -2.41. The van der Waals surface area contributed by atoms with Crippen LogP contribution in [0.3, 0.4) is 0 Å². The smallest absolute Gasteiger partial charge is 0.326 e. The minimum absolute atomic E-state index is 0.0652. The highest BCUT2D eigenvalue weighted by atomic mass is 16.5. The lowest BCUT2D eigenvalue weighted by Gasteiger charge is -2.13. The van der Waals surface area contributed by atoms with E-state index >= 15 is 0 Å². The summed E-state index contributed by atoms with van der Waals surface area (Å²) in [4.78, 5) is 22.5. The molecule has 6 nitrogen and oxygen atoms in total. The van der Waals surface area contributed by atoms with Crippen LogP contribution >= 0.6 is 0 Å². The van der Waals surface area contributed by atoms with Crippen molar-refractivity contribution in [3.8, 4) is 0 Å². The van der Waals surface area contributed by atoms with Gasteiger partial charge in [0, 0.05) is 6.07 Å². The summed E-state index contributed by atoms with van der Waals surface area (Å²) in [5.41, 5.74) is 0.740. The molecule has 1 heterocycles. The summed E-state index contributed by atoms with van der Waals surface area (Å²) in [6.07, 6.45) is 0.178. The third-order valence-electron chi connectivity index (χ3n) is 2.02. The van der Waals surface area contributed by atoms with Crippen molar-refractivity contribution < 1.29 is 19.2 Å². The molecule has 0 aliphatic heterocycles. The molecule has 6 heteroatoms. The van der Waals surface area contributed by atoms with Crippen LogP contribution < -0.4 is 5.32 Å². The number of hydrogen-bond acceptors (Lipinski definition) is 4. The van der Waals surface area contributed by atoms with Crippen molar-refractivity contribution >= 4 is 11.9 Å². The molecule has 1 aromatic rings. The van der Waals surface area contributed by atoms with Crippen LogP contribution in [0.25, 0.3) is 0 Å². The molecular formula is C11H14N2O4. The first-order valence-corrected chi connectivity index (χ1v) is 5.01. The largest absolute Gasteiger partial charge is 0.480 e. The highest BCUT2D eigenvalue weighted by Crippen LogP contribution is 2.05. The summed E-state index contributed by atoms with van der Waals surface area (Å²) >= 11 is 0. The number of carboxylic acid groups (broad SMARTS) is 1. The van der Waals surface area contributed by atoms with Crippen LogP contribution in [0.4, 0.5) is 0 Å². The van der Waals surface area contributed by atoms with E-state index in [1.165, 1.54) is 6.07 Å². The maximum Gasteiger partial charge on any atom is 0.326 e. The second-order valence-corrected chi connectivity index (χ2v) is 3.85. The van der Waals surface area contributed by atoms with Crippen LogP contribution in [0.15, 0.2) is 22.7 Å². The van der Waals surface area contributed by atoms with Gasteiger partial charge in [-0.1, -0.05) is 10.7 Å². The van der Waals surface area contributed by atoms with Crippen molar-refractivity contribution in [2.75, 3.05) is 0 Å². The first-order valence-electron chi connectivity index (χ1n) is 5.01. The fourth-order valence-electron chi connectivity index (χ4n) is 1.25. The average molecular weight is 238 g/mol. The Morgan fingerprint density at radius 1 is 1.65 bits per heavy atom. The summed E-state index contributed by atoms with van der Waals surface area (Å²) in [6, 6.07) is 0.437. The molecule has 0 saturated heterocycles. The maximum absolute atomic E-state index is 11.6. The predicted molar refractivity (Wildman–Crippen MR) is 59.6 cm³/mol. The number of aryl methyl sites for hydroxylation is 1. The second kappa shape index (κ2) is 5.29. The molecule has 0 radical (unpaired) electrons. The number of aromatic nitrogens is 1. The second-order valence-electron chi connectivity index (χ2n) is 3.85. The van der Waals surface area contributed by atoms with Gasteiger partial charge in [-0.3, -0.25) is 4.79 Å². The van der Waals surface area contributed by atoms with E-state index in [2.05, 4.69) is 17.1 Å². The van der Waals surface area contributed by atoms with E-state index in [0.29, 0.717) is 11.3 Å². The Morgan fingerprint density at radius 2 is 2.29 bits per heavy atom. The molecule has 17 heavy (non-hydrogen) atoms. The van der Waals surface area contributed by atoms with Crippen molar-refractivity contribution in [3.05, 3.63) is 29.7 Å². The number of carbonyl (C=O) groups is 2. The molecule has 1 amide bonds. The zero-order valence-corrected chi connectivity index (χ0v) is 9.69. The van der Waals surface area contributed by atoms with Gasteiger partial charge in [-0.2, -0.15) is 0 Å². The molecule has 0 saturated carbocycles. The zero-order chi connectivity index (χ0) is 13.0. The van der Waals surface area contributed by atoms with Gasteiger partial charge < -0.3 is 14.9 Å². The number of carboxylic acids is 1. The minimum atomic E-state index is -1.11. The van der Waals surface area contributed by atoms with E-state index in [1.807, 2.05) is 0 Å². The van der Waals surface area contributed by atoms with Crippen molar-refractivity contribution in [2.45, 2.75) is 26.3 Å². The highest BCUT2D eigenvalue weighted by Gasteiger charge is 2.22. The van der Waals surface area contributed by atoms with E-state index < -0.39 is 17.9 Å². The minimum Gasteiger partial charge on any atom is -0.480 e. The number of amides is 1. The Hall–Kier alpha value is -2.11. The van der Waals surface area contributed by atoms with Crippen LogP contribution in [0.5, 0.6) is 0 Å². The molecule has 0 fully saturated rings. The Balaban J connectivity index is 2.70. The fourth-order valence-corrected chi connectivity index (χ4v) is 1.25. The third kappa shape index (κ3) is 3.75. The average Bonchev–Trinajstić information content (AvgIpc) is 2.63. The molecule has 1 unspecified atom stereocenters. The van der Waals surface area contributed by atoms with Crippen molar-refractivity contribution in [2.24, 2.45) is 0 Å². The Kier molecular flexibility index (Phi) is 4.03. The van der Waals surface area contributed by atoms with Gasteiger partial charge in [0.05, 0.1) is 0 Å². The van der Waals surface area contributed by atoms with E-state index in [4.69, 9.17) is 9.63 Å². The van der Waals surface area contributed by atoms with Gasteiger partial charge in [0.15, 0.2) is 5.69 Å². The van der Waals surface area contributed by atoms with Gasteiger partial charge >= 0.3 is 5.97 Å². The van der Waals surface area contributed by atoms with Crippen LogP contribution in [0, 0.1) is 6.92 Å². The van der Waals surface area contributed by atoms with E-state index in [9.17, 15) is 9.59 Å². The van der Waals surface area contributed by atoms with Gasteiger partial charge in [-0.15, -0.1) is 6.58 Å². The molecule has 2 N–H and O–H groups in total. The molecular weight excluding hydrogens is 224 g/mol. The van der Waals surface area contributed by atoms with Gasteiger partial charge in [-0.25, -0.2) is 4.79 Å². The molecule has 1 atom stereocenters. The molecule has 0 aliphatic carbocycles. The Morgan fingerprint density at radius 3 is 2.71 bits per heavy atom. The molecule has 1 aromatic heterocycles. The number of nitrogens with zero attached hydrogens (tertiary/aromatic N) is 1. The number of carbonyl (C=O) groups excluding carboxylic acids is 1. The van der Waals surface area contributed by atoms with Gasteiger partial charge in [0.1, 0.15) is 11.8 Å². The highest BCUT2D eigenvalue weighted by molar-refractivity contribution is 5.94. The van der Waals surface area contributed by atoms with Crippen LogP contribution in [-0.4, -0.2) is 28.2 Å². The molecule has 0 aliphatic rings. The summed E-state index contributed by atoms with van der Waals surface area (Å²) < 4.78 is 4.73. The summed E-state index contributed by atoms with van der Waals surface area (Å²) in [7, 11) is 0. The monoisotopic (exact) mass is 238 g/mol. The van der Waals surface area contributed by atoms with Gasteiger partial charge in [0.25, 0.3) is 5.91 Å². The quantitative estimate of drug-likeness (QED) is 0.750. The van der Waals surface area contributed by atoms with E-state index in [-0.39, 0.29) is 12.1 Å². The van der Waals surface area contributed by atoms with Gasteiger partial charge in [0.2, 0.25) is 0 Å². The molecule has 1 rings (SSSR count). The van der Waals surface area contributed by atoms with Crippen molar-refractivity contribution in [3.63, 3.8) is 0 Å². The lowest BCUT2D eigenvalue weighted by molar-refractivity contribution is -0.139. The SMILES string of the molecule is C=C(C)CC(NC(=O)c1cc(C)on1)C(=O)O. The fraction of sp³-hybridized carbons (Fsp3) is 0.364. The third-order valence-corrected chi connectivity index (χ3v) is 2.02. The zero-order valence-electron chi connectivity index (χ0n) is 9.69. The first kappa shape index (κ1) is 13.0. The standard InChI is InChI=1S/C11H14N2O4/c1-6(2)4-9(11(15)16)12-10(14)8-5-7(3)17-13-8/h5,9H,1,4H2,2-3H3,(H,12,14)(H,15,16). The molecule has 0 bridgehead atoms. The van der Waals surface area contributed by atoms with Crippen molar-refractivity contribution in [1.29, 1.82) is 0 Å². The van der Waals surface area contributed by atoms with E-state index in [0.717, 1.165) is 0 Å². The molecule has 0 spiro atoms. The number of hydrogen-bond donors (Lipinski definition) is 2. The van der Waals surface area contributed by atoms with E-state index in [1.54, 1.807) is 13.8 Å². The number of nitrogens with one attached hydrogen (secondary N) is 1. The molecule has 0 aromatic carbocycles. The summed E-state index contributed by atoms with van der Waals surface area (Å²) in [6.45, 7) is 6.95.